The molecule has 0 amide bonds. The highest BCUT2D eigenvalue weighted by molar-refractivity contribution is 6.09. The molecular weight excluding hydrogens is 599 g/mol. The van der Waals surface area contributed by atoms with Gasteiger partial charge in [-0.2, -0.15) is 0 Å². The molecule has 0 radical (unpaired) electrons. The Morgan fingerprint density at radius 3 is 1.47 bits per heavy atom. The molecule has 49 heavy (non-hydrogen) atoms. The van der Waals surface area contributed by atoms with Gasteiger partial charge < -0.3 is 4.42 Å². The summed E-state index contributed by atoms with van der Waals surface area (Å²) in [4.78, 5) is 14.9. The van der Waals surface area contributed by atoms with Crippen LogP contribution in [0.1, 0.15) is 0 Å². The summed E-state index contributed by atoms with van der Waals surface area (Å²) in [6.07, 6.45) is 0. The van der Waals surface area contributed by atoms with Gasteiger partial charge in [-0.3, -0.25) is 0 Å². The van der Waals surface area contributed by atoms with Crippen molar-refractivity contribution in [2.24, 2.45) is 0 Å². The molecule has 0 fully saturated rings. The summed E-state index contributed by atoms with van der Waals surface area (Å²) in [7, 11) is 0. The lowest BCUT2D eigenvalue weighted by atomic mass is 9.97. The molecule has 4 heteroatoms. The average Bonchev–Trinajstić information content (AvgIpc) is 3.58. The molecule has 9 rings (SSSR count). The molecule has 0 aliphatic rings. The van der Waals surface area contributed by atoms with Crippen LogP contribution in [0.15, 0.2) is 180 Å². The number of fused-ring (bicyclic) bond motifs is 3. The monoisotopic (exact) mass is 627 g/mol. The van der Waals surface area contributed by atoms with E-state index in [0.29, 0.717) is 17.5 Å². The molecule has 0 atom stereocenters. The van der Waals surface area contributed by atoms with Crippen LogP contribution >= 0.6 is 0 Å². The summed E-state index contributed by atoms with van der Waals surface area (Å²) < 4.78 is 6.36. The topological polar surface area (TPSA) is 51.8 Å². The number of para-hydroxylation sites is 2. The van der Waals surface area contributed by atoms with Crippen molar-refractivity contribution < 1.29 is 4.42 Å². The number of hydrogen-bond acceptors (Lipinski definition) is 4. The van der Waals surface area contributed by atoms with E-state index in [1.807, 2.05) is 48.5 Å². The Morgan fingerprint density at radius 2 is 0.755 bits per heavy atom. The van der Waals surface area contributed by atoms with Gasteiger partial charge in [-0.1, -0.05) is 158 Å². The standard InChI is InChI=1S/C45H29N3O/c1-3-12-30(13-4-1)31-24-26-33(27-25-31)44-46-43(32-14-5-2-6-15-32)47-45(48-44)37-19-10-17-35(29-37)34-16-9-18-36(28-34)38-21-11-22-40-39-20-7-8-23-41(39)49-42(38)40/h1-29H. The van der Waals surface area contributed by atoms with Crippen molar-refractivity contribution in [3.8, 4) is 67.5 Å². The number of rotatable bonds is 6. The molecular formula is C45H29N3O. The zero-order valence-corrected chi connectivity index (χ0v) is 26.5. The lowest BCUT2D eigenvalue weighted by molar-refractivity contribution is 0.670. The molecule has 0 spiro atoms. The van der Waals surface area contributed by atoms with Gasteiger partial charge >= 0.3 is 0 Å². The van der Waals surface area contributed by atoms with Gasteiger partial charge in [0, 0.05) is 33.0 Å². The highest BCUT2D eigenvalue weighted by Crippen LogP contribution is 2.37. The highest BCUT2D eigenvalue weighted by atomic mass is 16.3. The van der Waals surface area contributed by atoms with Gasteiger partial charge in [-0.25, -0.2) is 15.0 Å². The Kier molecular flexibility index (Phi) is 7.10. The predicted molar refractivity (Wildman–Crippen MR) is 200 cm³/mol. The molecule has 0 aliphatic heterocycles. The smallest absolute Gasteiger partial charge is 0.164 e. The van der Waals surface area contributed by atoms with E-state index in [4.69, 9.17) is 19.4 Å². The molecule has 7 aromatic carbocycles. The molecule has 0 bridgehead atoms. The van der Waals surface area contributed by atoms with Crippen molar-refractivity contribution in [2.45, 2.75) is 0 Å². The minimum absolute atomic E-state index is 0.626. The normalized spacial score (nSPS) is 11.3. The number of furan rings is 1. The number of aromatic nitrogens is 3. The van der Waals surface area contributed by atoms with Crippen LogP contribution in [0.4, 0.5) is 0 Å². The largest absolute Gasteiger partial charge is 0.455 e. The van der Waals surface area contributed by atoms with Crippen molar-refractivity contribution in [1.29, 1.82) is 0 Å². The summed E-state index contributed by atoms with van der Waals surface area (Å²) in [5, 5.41) is 2.25. The van der Waals surface area contributed by atoms with E-state index in [1.54, 1.807) is 0 Å². The van der Waals surface area contributed by atoms with E-state index in [9.17, 15) is 0 Å². The van der Waals surface area contributed by atoms with E-state index >= 15 is 0 Å². The zero-order chi connectivity index (χ0) is 32.6. The summed E-state index contributed by atoms with van der Waals surface area (Å²) in [5.41, 5.74) is 11.3. The molecule has 2 aromatic heterocycles. The Hall–Kier alpha value is -6.65. The lowest BCUT2D eigenvalue weighted by Crippen LogP contribution is -2.00. The first-order valence-corrected chi connectivity index (χ1v) is 16.4. The second-order valence-corrected chi connectivity index (χ2v) is 12.1. The Balaban J connectivity index is 1.11. The maximum Gasteiger partial charge on any atom is 0.164 e. The predicted octanol–water partition coefficient (Wildman–Crippen LogP) is 11.8. The first-order valence-electron chi connectivity index (χ1n) is 16.4. The van der Waals surface area contributed by atoms with E-state index in [1.165, 1.54) is 5.56 Å². The second kappa shape index (κ2) is 12.2. The third-order valence-electron chi connectivity index (χ3n) is 8.95. The molecule has 4 nitrogen and oxygen atoms in total. The van der Waals surface area contributed by atoms with E-state index in [0.717, 1.165) is 66.4 Å². The van der Waals surface area contributed by atoms with Crippen molar-refractivity contribution in [3.05, 3.63) is 176 Å². The van der Waals surface area contributed by atoms with E-state index in [2.05, 4.69) is 127 Å². The van der Waals surface area contributed by atoms with Gasteiger partial charge in [0.1, 0.15) is 11.2 Å². The average molecular weight is 628 g/mol. The fraction of sp³-hybridized carbons (Fsp3) is 0. The van der Waals surface area contributed by atoms with Crippen molar-refractivity contribution in [1.82, 2.24) is 15.0 Å². The maximum absolute atomic E-state index is 6.36. The van der Waals surface area contributed by atoms with E-state index in [-0.39, 0.29) is 0 Å². The van der Waals surface area contributed by atoms with Crippen molar-refractivity contribution >= 4 is 21.9 Å². The van der Waals surface area contributed by atoms with Crippen LogP contribution in [0.5, 0.6) is 0 Å². The molecule has 9 aromatic rings. The summed E-state index contributed by atoms with van der Waals surface area (Å²) in [6.45, 7) is 0. The number of benzene rings is 7. The fourth-order valence-electron chi connectivity index (χ4n) is 6.47. The van der Waals surface area contributed by atoms with Crippen LogP contribution in [0.2, 0.25) is 0 Å². The van der Waals surface area contributed by atoms with E-state index < -0.39 is 0 Å². The summed E-state index contributed by atoms with van der Waals surface area (Å²) in [6, 6.07) is 60.5. The Bertz CT molecular complexity index is 2590. The molecule has 0 aliphatic carbocycles. The van der Waals surface area contributed by atoms with Gasteiger partial charge in [0.25, 0.3) is 0 Å². The fourth-order valence-corrected chi connectivity index (χ4v) is 6.47. The van der Waals surface area contributed by atoms with Crippen LogP contribution in [0.25, 0.3) is 89.5 Å². The van der Waals surface area contributed by atoms with Crippen molar-refractivity contribution in [3.63, 3.8) is 0 Å². The van der Waals surface area contributed by atoms with Crippen molar-refractivity contribution in [2.75, 3.05) is 0 Å². The third kappa shape index (κ3) is 5.45. The molecule has 2 heterocycles. The van der Waals surface area contributed by atoms with Crippen LogP contribution in [0, 0.1) is 0 Å². The van der Waals surface area contributed by atoms with Crippen LogP contribution in [-0.4, -0.2) is 15.0 Å². The molecule has 0 saturated carbocycles. The Labute approximate surface area is 284 Å². The second-order valence-electron chi connectivity index (χ2n) is 12.1. The lowest BCUT2D eigenvalue weighted by Gasteiger charge is -2.11. The third-order valence-corrected chi connectivity index (χ3v) is 8.95. The Morgan fingerprint density at radius 1 is 0.306 bits per heavy atom. The SMILES string of the molecule is c1ccc(-c2ccc(-c3nc(-c4ccccc4)nc(-c4cccc(-c5cccc(-c6cccc7c6oc6ccccc67)c5)c4)n3)cc2)cc1. The quantitative estimate of drug-likeness (QED) is 0.184. The van der Waals surface area contributed by atoms with Crippen LogP contribution in [0.3, 0.4) is 0 Å². The van der Waals surface area contributed by atoms with Gasteiger partial charge in [-0.15, -0.1) is 0 Å². The van der Waals surface area contributed by atoms with Gasteiger partial charge in [0.05, 0.1) is 0 Å². The maximum atomic E-state index is 6.36. The zero-order valence-electron chi connectivity index (χ0n) is 26.5. The van der Waals surface area contributed by atoms with Gasteiger partial charge in [0.2, 0.25) is 0 Å². The minimum Gasteiger partial charge on any atom is -0.455 e. The van der Waals surface area contributed by atoms with Crippen LogP contribution in [-0.2, 0) is 0 Å². The first-order chi connectivity index (χ1) is 24.3. The molecule has 0 saturated heterocycles. The number of nitrogens with zero attached hydrogens (tertiary/aromatic N) is 3. The highest BCUT2D eigenvalue weighted by Gasteiger charge is 2.15. The molecule has 0 N–H and O–H groups in total. The van der Waals surface area contributed by atoms with Gasteiger partial charge in [0.15, 0.2) is 17.5 Å². The van der Waals surface area contributed by atoms with Crippen LogP contribution < -0.4 is 0 Å². The summed E-state index contributed by atoms with van der Waals surface area (Å²) in [5.74, 6) is 1.90. The molecule has 230 valence electrons. The molecule has 0 unspecified atom stereocenters. The van der Waals surface area contributed by atoms with Gasteiger partial charge in [-0.05, 0) is 46.0 Å². The summed E-state index contributed by atoms with van der Waals surface area (Å²) >= 11 is 0. The number of hydrogen-bond donors (Lipinski definition) is 0. The minimum atomic E-state index is 0.626. The first kappa shape index (κ1) is 28.6.